The third-order valence-electron chi connectivity index (χ3n) is 5.78. The predicted octanol–water partition coefficient (Wildman–Crippen LogP) is 4.66. The van der Waals surface area contributed by atoms with Crippen molar-refractivity contribution in [1.82, 2.24) is 9.80 Å². The first-order chi connectivity index (χ1) is 15.8. The molecule has 0 bridgehead atoms. The summed E-state index contributed by atoms with van der Waals surface area (Å²) in [6, 6.07) is 6.67. The summed E-state index contributed by atoms with van der Waals surface area (Å²) in [5.74, 6) is -3.04. The Balaban J connectivity index is 1.32. The maximum Gasteiger partial charge on any atom is 0.233 e. The molecular formula is C24H24F4N2O2S. The summed E-state index contributed by atoms with van der Waals surface area (Å²) >= 11 is 1.16. The minimum Gasteiger partial charge on any atom is -0.335 e. The van der Waals surface area contributed by atoms with Crippen LogP contribution in [0.4, 0.5) is 17.6 Å². The maximum atomic E-state index is 14.0. The summed E-state index contributed by atoms with van der Waals surface area (Å²) in [5, 5.41) is 0. The summed E-state index contributed by atoms with van der Waals surface area (Å²) in [5.41, 5.74) is 0.498. The molecule has 0 heterocycles. The standard InChI is InChI=1S/C24H24F4N2O2S/c25-17-3-1-15(21(27)9-17)11-29(19-5-6-19)23(31)13-33-14-24(32)30(20-7-8-20)12-16-2-4-18(26)10-22(16)28/h1-4,9-10,19-20H,5-8,11-14H2. The van der Waals surface area contributed by atoms with Crippen molar-refractivity contribution in [2.75, 3.05) is 11.5 Å². The number of carbonyl (C=O) groups excluding carboxylic acids is 2. The molecule has 0 radical (unpaired) electrons. The van der Waals surface area contributed by atoms with Crippen molar-refractivity contribution in [3.8, 4) is 0 Å². The lowest BCUT2D eigenvalue weighted by Gasteiger charge is -2.24. The zero-order valence-electron chi connectivity index (χ0n) is 17.9. The second-order valence-electron chi connectivity index (χ2n) is 8.47. The molecule has 0 unspecified atom stereocenters. The summed E-state index contributed by atoms with van der Waals surface area (Å²) in [4.78, 5) is 28.7. The molecule has 0 saturated heterocycles. The monoisotopic (exact) mass is 480 g/mol. The van der Waals surface area contributed by atoms with Gasteiger partial charge in [0.05, 0.1) is 11.5 Å². The Hall–Kier alpha value is -2.55. The molecule has 0 N–H and O–H groups in total. The van der Waals surface area contributed by atoms with Crippen molar-refractivity contribution in [2.24, 2.45) is 0 Å². The average molecular weight is 481 g/mol. The second kappa shape index (κ2) is 10.2. The summed E-state index contributed by atoms with van der Waals surface area (Å²) in [6.45, 7) is 0.115. The van der Waals surface area contributed by atoms with E-state index >= 15 is 0 Å². The van der Waals surface area contributed by atoms with Crippen molar-refractivity contribution in [1.29, 1.82) is 0 Å². The normalized spacial score (nSPS) is 15.4. The fourth-order valence-corrected chi connectivity index (χ4v) is 4.46. The van der Waals surface area contributed by atoms with Crippen LogP contribution in [0.25, 0.3) is 0 Å². The molecule has 0 aromatic heterocycles. The molecule has 2 saturated carbocycles. The summed E-state index contributed by atoms with van der Waals surface area (Å²) in [6.07, 6.45) is 3.32. The minimum atomic E-state index is -0.690. The van der Waals surface area contributed by atoms with Crippen molar-refractivity contribution < 1.29 is 27.2 Å². The van der Waals surface area contributed by atoms with Gasteiger partial charge in [-0.1, -0.05) is 12.1 Å². The second-order valence-corrected chi connectivity index (χ2v) is 9.46. The van der Waals surface area contributed by atoms with Crippen LogP contribution in [0.3, 0.4) is 0 Å². The van der Waals surface area contributed by atoms with Crippen LogP contribution >= 0.6 is 11.8 Å². The van der Waals surface area contributed by atoms with Crippen LogP contribution in [0.2, 0.25) is 0 Å². The fraction of sp³-hybridized carbons (Fsp3) is 0.417. The van der Waals surface area contributed by atoms with Gasteiger partial charge in [0.25, 0.3) is 0 Å². The molecule has 4 nitrogen and oxygen atoms in total. The highest BCUT2D eigenvalue weighted by atomic mass is 32.2. The van der Waals surface area contributed by atoms with E-state index in [1.807, 2.05) is 0 Å². The van der Waals surface area contributed by atoms with E-state index in [1.165, 1.54) is 12.1 Å². The number of thioether (sulfide) groups is 1. The molecule has 2 aliphatic rings. The number of hydrogen-bond donors (Lipinski definition) is 0. The topological polar surface area (TPSA) is 40.6 Å². The van der Waals surface area contributed by atoms with Crippen LogP contribution in [0.1, 0.15) is 36.8 Å². The lowest BCUT2D eigenvalue weighted by atomic mass is 10.2. The van der Waals surface area contributed by atoms with Gasteiger partial charge in [-0.05, 0) is 37.8 Å². The molecule has 2 aromatic rings. The van der Waals surface area contributed by atoms with E-state index in [4.69, 9.17) is 0 Å². The SMILES string of the molecule is O=C(CSCC(=O)N(Cc1ccc(F)cc1F)C1CC1)N(Cc1ccc(F)cc1F)C1CC1. The zero-order chi connectivity index (χ0) is 23.5. The molecule has 2 fully saturated rings. The van der Waals surface area contributed by atoms with Gasteiger partial charge >= 0.3 is 0 Å². The van der Waals surface area contributed by atoms with Crippen LogP contribution in [-0.2, 0) is 22.7 Å². The highest BCUT2D eigenvalue weighted by Crippen LogP contribution is 2.31. The first kappa shape index (κ1) is 23.6. The first-order valence-corrected chi connectivity index (χ1v) is 12.0. The molecule has 2 amide bonds. The Morgan fingerprint density at radius 1 is 0.727 bits per heavy atom. The van der Waals surface area contributed by atoms with Crippen LogP contribution in [0.5, 0.6) is 0 Å². The van der Waals surface area contributed by atoms with E-state index in [0.717, 1.165) is 61.7 Å². The third kappa shape index (κ3) is 6.28. The van der Waals surface area contributed by atoms with E-state index in [9.17, 15) is 27.2 Å². The van der Waals surface area contributed by atoms with Gasteiger partial charge < -0.3 is 9.80 Å². The number of amides is 2. The van der Waals surface area contributed by atoms with E-state index in [0.29, 0.717) is 0 Å². The van der Waals surface area contributed by atoms with Crippen LogP contribution in [0, 0.1) is 23.3 Å². The molecule has 0 spiro atoms. The van der Waals surface area contributed by atoms with E-state index in [-0.39, 0.29) is 59.6 Å². The zero-order valence-corrected chi connectivity index (χ0v) is 18.7. The molecule has 2 aliphatic carbocycles. The first-order valence-electron chi connectivity index (χ1n) is 10.9. The van der Waals surface area contributed by atoms with Gasteiger partial charge in [0, 0.05) is 48.4 Å². The Labute approximate surface area is 193 Å². The Bertz CT molecular complexity index is 962. The Kier molecular flexibility index (Phi) is 7.26. The lowest BCUT2D eigenvalue weighted by molar-refractivity contribution is -0.129. The lowest BCUT2D eigenvalue weighted by Crippen LogP contribution is -2.36. The quantitative estimate of drug-likeness (QED) is 0.465. The molecule has 9 heteroatoms. The third-order valence-corrected chi connectivity index (χ3v) is 6.68. The Morgan fingerprint density at radius 3 is 1.45 bits per heavy atom. The molecule has 4 rings (SSSR count). The number of halogens is 4. The highest BCUT2D eigenvalue weighted by molar-refractivity contribution is 8.00. The van der Waals surface area contributed by atoms with Gasteiger partial charge in [0.15, 0.2) is 0 Å². The van der Waals surface area contributed by atoms with Gasteiger partial charge in [-0.25, -0.2) is 17.6 Å². The van der Waals surface area contributed by atoms with Gasteiger partial charge in [0.1, 0.15) is 23.3 Å². The summed E-state index contributed by atoms with van der Waals surface area (Å²) < 4.78 is 54.4. The minimum absolute atomic E-state index is 0.0302. The van der Waals surface area contributed by atoms with Crippen molar-refractivity contribution >= 4 is 23.6 Å². The highest BCUT2D eigenvalue weighted by Gasteiger charge is 2.34. The van der Waals surface area contributed by atoms with Crippen LogP contribution in [-0.4, -0.2) is 45.2 Å². The molecule has 2 aromatic carbocycles. The van der Waals surface area contributed by atoms with Gasteiger partial charge in [-0.2, -0.15) is 0 Å². The van der Waals surface area contributed by atoms with Crippen molar-refractivity contribution in [3.63, 3.8) is 0 Å². The van der Waals surface area contributed by atoms with Crippen molar-refractivity contribution in [3.05, 3.63) is 70.8 Å². The molecule has 176 valence electrons. The molecule has 0 atom stereocenters. The smallest absolute Gasteiger partial charge is 0.233 e. The number of hydrogen-bond acceptors (Lipinski definition) is 3. The molecular weight excluding hydrogens is 456 g/mol. The Morgan fingerprint density at radius 2 is 1.12 bits per heavy atom. The molecule has 0 aliphatic heterocycles. The number of carbonyl (C=O) groups is 2. The van der Waals surface area contributed by atoms with E-state index in [2.05, 4.69) is 0 Å². The molecule has 33 heavy (non-hydrogen) atoms. The van der Waals surface area contributed by atoms with Gasteiger partial charge in [0.2, 0.25) is 11.8 Å². The van der Waals surface area contributed by atoms with Crippen molar-refractivity contribution in [2.45, 2.75) is 50.9 Å². The van der Waals surface area contributed by atoms with Crippen LogP contribution in [0.15, 0.2) is 36.4 Å². The maximum absolute atomic E-state index is 14.0. The van der Waals surface area contributed by atoms with Gasteiger partial charge in [-0.15, -0.1) is 11.8 Å². The number of benzene rings is 2. The largest absolute Gasteiger partial charge is 0.335 e. The van der Waals surface area contributed by atoms with E-state index in [1.54, 1.807) is 9.80 Å². The van der Waals surface area contributed by atoms with Crippen LogP contribution < -0.4 is 0 Å². The van der Waals surface area contributed by atoms with E-state index < -0.39 is 23.3 Å². The van der Waals surface area contributed by atoms with Gasteiger partial charge in [-0.3, -0.25) is 9.59 Å². The predicted molar refractivity (Wildman–Crippen MR) is 117 cm³/mol. The average Bonchev–Trinajstić information content (AvgIpc) is 3.66. The number of rotatable bonds is 10. The summed E-state index contributed by atoms with van der Waals surface area (Å²) in [7, 11) is 0. The fourth-order valence-electron chi connectivity index (χ4n) is 3.67. The number of nitrogens with zero attached hydrogens (tertiary/aromatic N) is 2.